The van der Waals surface area contributed by atoms with Crippen LogP contribution in [-0.2, 0) is 6.42 Å². The maximum absolute atomic E-state index is 6.01. The van der Waals surface area contributed by atoms with Gasteiger partial charge in [0.05, 0.1) is 6.61 Å². The van der Waals surface area contributed by atoms with Crippen molar-refractivity contribution in [3.63, 3.8) is 0 Å². The van der Waals surface area contributed by atoms with Crippen LogP contribution >= 0.6 is 0 Å². The Morgan fingerprint density at radius 2 is 1.67 bits per heavy atom. The largest absolute Gasteiger partial charge is 0.493 e. The van der Waals surface area contributed by atoms with Crippen molar-refractivity contribution in [1.29, 1.82) is 0 Å². The van der Waals surface area contributed by atoms with Gasteiger partial charge in [0.15, 0.2) is 0 Å². The molecule has 3 aromatic carbocycles. The fourth-order valence-corrected chi connectivity index (χ4v) is 3.16. The van der Waals surface area contributed by atoms with E-state index in [1.54, 1.807) is 0 Å². The van der Waals surface area contributed by atoms with E-state index in [2.05, 4.69) is 57.2 Å². The molecule has 0 fully saturated rings. The molecule has 0 unspecified atom stereocenters. The number of aryl methyl sites for hydroxylation is 2. The van der Waals surface area contributed by atoms with E-state index >= 15 is 0 Å². The third-order valence-corrected chi connectivity index (χ3v) is 4.42. The summed E-state index contributed by atoms with van der Waals surface area (Å²) in [6.07, 6.45) is 1.99. The van der Waals surface area contributed by atoms with Gasteiger partial charge in [-0.3, -0.25) is 0 Å². The molecule has 0 spiro atoms. The summed E-state index contributed by atoms with van der Waals surface area (Å²) in [5.74, 6) is 1.00. The maximum atomic E-state index is 6.01. The molecule has 124 valence electrons. The Kier molecular flexibility index (Phi) is 4.75. The number of nitrogens with two attached hydrogens (primary N) is 1. The van der Waals surface area contributed by atoms with E-state index in [0.29, 0.717) is 0 Å². The van der Waals surface area contributed by atoms with E-state index in [0.717, 1.165) is 30.9 Å². The first-order chi connectivity index (χ1) is 11.6. The molecule has 0 aromatic heterocycles. The van der Waals surface area contributed by atoms with Gasteiger partial charge in [0, 0.05) is 5.69 Å². The number of nitrogen functional groups attached to an aromatic ring is 1. The summed E-state index contributed by atoms with van der Waals surface area (Å²) in [4.78, 5) is 0. The molecule has 0 aliphatic carbocycles. The van der Waals surface area contributed by atoms with Crippen LogP contribution < -0.4 is 10.5 Å². The van der Waals surface area contributed by atoms with Crippen molar-refractivity contribution in [3.05, 3.63) is 59.7 Å². The highest BCUT2D eigenvalue weighted by atomic mass is 16.5. The lowest BCUT2D eigenvalue weighted by Gasteiger charge is -2.13. The van der Waals surface area contributed by atoms with E-state index in [1.165, 1.54) is 33.0 Å². The van der Waals surface area contributed by atoms with Gasteiger partial charge in [-0.1, -0.05) is 32.0 Å². The average molecular weight is 319 g/mol. The van der Waals surface area contributed by atoms with E-state index in [9.17, 15) is 0 Å². The number of anilines is 1. The van der Waals surface area contributed by atoms with Gasteiger partial charge < -0.3 is 10.5 Å². The van der Waals surface area contributed by atoms with Gasteiger partial charge in [0.25, 0.3) is 0 Å². The monoisotopic (exact) mass is 319 g/mol. The van der Waals surface area contributed by atoms with E-state index < -0.39 is 0 Å². The zero-order valence-electron chi connectivity index (χ0n) is 14.7. The molecule has 24 heavy (non-hydrogen) atoms. The van der Waals surface area contributed by atoms with Crippen molar-refractivity contribution in [2.24, 2.45) is 0 Å². The molecule has 3 rings (SSSR count). The molecule has 0 saturated carbocycles. The Morgan fingerprint density at radius 1 is 0.917 bits per heavy atom. The van der Waals surface area contributed by atoms with E-state index in [1.807, 2.05) is 12.1 Å². The SMILES string of the molecule is CCCOc1ccc(-c2ccc3c(C)cc(N)cc3c2)cc1CC. The standard InChI is InChI=1S/C22H25NO/c1-4-10-24-22-9-7-18(12-16(22)5-2)17-6-8-21-15(3)11-20(23)14-19(21)13-17/h6-9,11-14H,4-5,10,23H2,1-3H3. The summed E-state index contributed by atoms with van der Waals surface area (Å²) in [5.41, 5.74) is 11.7. The lowest BCUT2D eigenvalue weighted by molar-refractivity contribution is 0.314. The zero-order chi connectivity index (χ0) is 17.1. The molecule has 0 aliphatic heterocycles. The quantitative estimate of drug-likeness (QED) is 0.608. The molecule has 0 atom stereocenters. The molecule has 0 bridgehead atoms. The Labute approximate surface area is 144 Å². The second-order valence-electron chi connectivity index (χ2n) is 6.30. The predicted octanol–water partition coefficient (Wildman–Crippen LogP) is 5.75. The molecule has 2 nitrogen and oxygen atoms in total. The molecule has 0 aliphatic rings. The summed E-state index contributed by atoms with van der Waals surface area (Å²) >= 11 is 0. The zero-order valence-corrected chi connectivity index (χ0v) is 14.7. The molecule has 0 radical (unpaired) electrons. The van der Waals surface area contributed by atoms with Crippen LogP contribution in [0.15, 0.2) is 48.5 Å². The molecular formula is C22H25NO. The Bertz CT molecular complexity index is 867. The molecule has 2 heteroatoms. The third-order valence-electron chi connectivity index (χ3n) is 4.42. The maximum Gasteiger partial charge on any atom is 0.122 e. The number of rotatable bonds is 5. The first kappa shape index (κ1) is 16.4. The second kappa shape index (κ2) is 6.96. The molecule has 3 aromatic rings. The topological polar surface area (TPSA) is 35.2 Å². The Hall–Kier alpha value is -2.48. The lowest BCUT2D eigenvalue weighted by Crippen LogP contribution is -1.98. The summed E-state index contributed by atoms with van der Waals surface area (Å²) in [5, 5.41) is 2.45. The smallest absolute Gasteiger partial charge is 0.122 e. The van der Waals surface area contributed by atoms with Crippen LogP contribution in [0.25, 0.3) is 21.9 Å². The van der Waals surface area contributed by atoms with Crippen LogP contribution in [0.1, 0.15) is 31.4 Å². The summed E-state index contributed by atoms with van der Waals surface area (Å²) < 4.78 is 5.85. The van der Waals surface area contributed by atoms with Crippen molar-refractivity contribution in [1.82, 2.24) is 0 Å². The first-order valence-electron chi connectivity index (χ1n) is 8.68. The summed E-state index contributed by atoms with van der Waals surface area (Å²) in [6, 6.07) is 17.1. The highest BCUT2D eigenvalue weighted by molar-refractivity contribution is 5.92. The van der Waals surface area contributed by atoms with Crippen molar-refractivity contribution in [2.75, 3.05) is 12.3 Å². The molecular weight excluding hydrogens is 294 g/mol. The Balaban J connectivity index is 2.03. The minimum absolute atomic E-state index is 0.765. The molecule has 0 heterocycles. The first-order valence-corrected chi connectivity index (χ1v) is 8.68. The Morgan fingerprint density at radius 3 is 2.42 bits per heavy atom. The lowest BCUT2D eigenvalue weighted by atomic mass is 9.97. The van der Waals surface area contributed by atoms with Crippen molar-refractivity contribution in [2.45, 2.75) is 33.6 Å². The van der Waals surface area contributed by atoms with E-state index in [4.69, 9.17) is 10.5 Å². The van der Waals surface area contributed by atoms with Gasteiger partial charge in [-0.05, 0) is 83.1 Å². The van der Waals surface area contributed by atoms with Gasteiger partial charge in [-0.15, -0.1) is 0 Å². The predicted molar refractivity (Wildman–Crippen MR) is 104 cm³/mol. The highest BCUT2D eigenvalue weighted by Crippen LogP contribution is 2.31. The van der Waals surface area contributed by atoms with Crippen LogP contribution in [0, 0.1) is 6.92 Å². The number of hydrogen-bond acceptors (Lipinski definition) is 2. The fourth-order valence-electron chi connectivity index (χ4n) is 3.16. The molecule has 2 N–H and O–H groups in total. The fraction of sp³-hybridized carbons (Fsp3) is 0.273. The van der Waals surface area contributed by atoms with Gasteiger partial charge in [-0.25, -0.2) is 0 Å². The number of benzene rings is 3. The van der Waals surface area contributed by atoms with Crippen LogP contribution in [-0.4, -0.2) is 6.61 Å². The van der Waals surface area contributed by atoms with Crippen LogP contribution in [0.2, 0.25) is 0 Å². The second-order valence-corrected chi connectivity index (χ2v) is 6.30. The van der Waals surface area contributed by atoms with Gasteiger partial charge in [0.2, 0.25) is 0 Å². The third kappa shape index (κ3) is 3.23. The minimum atomic E-state index is 0.765. The number of ether oxygens (including phenoxy) is 1. The van der Waals surface area contributed by atoms with E-state index in [-0.39, 0.29) is 0 Å². The summed E-state index contributed by atoms with van der Waals surface area (Å²) in [7, 11) is 0. The van der Waals surface area contributed by atoms with Crippen molar-refractivity contribution < 1.29 is 4.74 Å². The van der Waals surface area contributed by atoms with Gasteiger partial charge >= 0.3 is 0 Å². The molecule has 0 amide bonds. The van der Waals surface area contributed by atoms with Crippen LogP contribution in [0.3, 0.4) is 0 Å². The van der Waals surface area contributed by atoms with Crippen LogP contribution in [0.5, 0.6) is 5.75 Å². The average Bonchev–Trinajstić information content (AvgIpc) is 2.59. The van der Waals surface area contributed by atoms with Crippen molar-refractivity contribution in [3.8, 4) is 16.9 Å². The van der Waals surface area contributed by atoms with Gasteiger partial charge in [-0.2, -0.15) is 0 Å². The summed E-state index contributed by atoms with van der Waals surface area (Å²) in [6.45, 7) is 7.17. The van der Waals surface area contributed by atoms with Crippen LogP contribution in [0.4, 0.5) is 5.69 Å². The highest BCUT2D eigenvalue weighted by Gasteiger charge is 2.07. The number of fused-ring (bicyclic) bond motifs is 1. The minimum Gasteiger partial charge on any atom is -0.493 e. The van der Waals surface area contributed by atoms with Gasteiger partial charge in [0.1, 0.15) is 5.75 Å². The normalized spacial score (nSPS) is 11.0. The van der Waals surface area contributed by atoms with Crippen molar-refractivity contribution >= 4 is 16.5 Å². The molecule has 0 saturated heterocycles. The number of hydrogen-bond donors (Lipinski definition) is 1.